The predicted octanol–water partition coefficient (Wildman–Crippen LogP) is 12.8. The van der Waals surface area contributed by atoms with E-state index in [4.69, 9.17) is 0 Å². The summed E-state index contributed by atoms with van der Waals surface area (Å²) in [6, 6.07) is 8.91. The lowest BCUT2D eigenvalue weighted by molar-refractivity contribution is -0.696. The van der Waals surface area contributed by atoms with Crippen LogP contribution in [-0.4, -0.2) is 9.13 Å². The van der Waals surface area contributed by atoms with Gasteiger partial charge in [-0.25, -0.2) is 18.3 Å². The van der Waals surface area contributed by atoms with E-state index in [1.165, 1.54) is 191 Å². The second kappa shape index (κ2) is 27.5. The van der Waals surface area contributed by atoms with Crippen molar-refractivity contribution in [3.63, 3.8) is 0 Å². The average molecular weight is 661 g/mol. The number of unbranched alkanes of at least 4 members (excludes halogenated alkanes) is 26. The van der Waals surface area contributed by atoms with Crippen LogP contribution in [0.4, 0.5) is 0 Å². The number of hydrogen-bond donors (Lipinski definition) is 0. The monoisotopic (exact) mass is 661 g/mol. The van der Waals surface area contributed by atoms with E-state index in [1.54, 1.807) is 0 Å². The Morgan fingerprint density at radius 1 is 0.396 bits per heavy atom. The minimum Gasteiger partial charge on any atom is -0.236 e. The molecule has 0 radical (unpaired) electrons. The molecule has 4 nitrogen and oxygen atoms in total. The van der Waals surface area contributed by atoms with Crippen LogP contribution in [0.25, 0.3) is 11.4 Å². The lowest BCUT2D eigenvalue weighted by Crippen LogP contribution is -2.30. The summed E-state index contributed by atoms with van der Waals surface area (Å²) in [5.41, 5.74) is 2.44. The third kappa shape index (κ3) is 18.4. The Labute approximate surface area is 297 Å². The number of rotatable bonds is 32. The average Bonchev–Trinajstić information content (AvgIpc) is 3.79. The van der Waals surface area contributed by atoms with Crippen molar-refractivity contribution in [2.45, 2.75) is 207 Å². The number of imidazole rings is 2. The molecule has 0 amide bonds. The smallest absolute Gasteiger partial charge is 0.236 e. The van der Waals surface area contributed by atoms with Crippen molar-refractivity contribution in [1.82, 2.24) is 9.13 Å². The van der Waals surface area contributed by atoms with Crippen LogP contribution in [0.1, 0.15) is 194 Å². The minimum absolute atomic E-state index is 1.11. The standard InChI is InChI=1S/C44H76N4/c1-3-5-7-9-11-13-15-17-19-21-23-25-27-29-34-45-36-38-47(41-45)43-32-31-33-44(40-43)48-39-37-46(42-48)35-30-28-26-24-22-20-18-16-14-12-10-8-6-4-2/h31-33,36-42H,3-30,34-35H2,1-2H3/q+2. The molecular formula is C44H76N4+2. The summed E-state index contributed by atoms with van der Waals surface area (Å²) >= 11 is 0. The number of hydrogen-bond acceptors (Lipinski definition) is 0. The van der Waals surface area contributed by atoms with Gasteiger partial charge in [0.05, 0.1) is 13.1 Å². The quantitative estimate of drug-likeness (QED) is 0.0468. The molecule has 3 aromatic rings. The minimum atomic E-state index is 1.11. The predicted molar refractivity (Wildman–Crippen MR) is 206 cm³/mol. The molecule has 0 unspecified atom stereocenters. The van der Waals surface area contributed by atoms with Gasteiger partial charge in [-0.1, -0.05) is 174 Å². The fourth-order valence-electron chi connectivity index (χ4n) is 7.15. The fraction of sp³-hybridized carbons (Fsp3) is 0.727. The molecule has 0 aliphatic rings. The normalized spacial score (nSPS) is 11.5. The maximum Gasteiger partial charge on any atom is 0.248 e. The van der Waals surface area contributed by atoms with Gasteiger partial charge in [-0.3, -0.25) is 0 Å². The molecule has 0 N–H and O–H groups in total. The van der Waals surface area contributed by atoms with Crippen LogP contribution in [0, 0.1) is 0 Å². The molecular weight excluding hydrogens is 585 g/mol. The molecule has 1 aromatic carbocycles. The zero-order valence-electron chi connectivity index (χ0n) is 31.8. The van der Waals surface area contributed by atoms with Gasteiger partial charge in [-0.05, 0) is 37.8 Å². The van der Waals surface area contributed by atoms with Gasteiger partial charge in [0, 0.05) is 6.07 Å². The van der Waals surface area contributed by atoms with Crippen LogP contribution in [-0.2, 0) is 13.1 Å². The Morgan fingerprint density at radius 3 is 1.00 bits per heavy atom. The first kappa shape index (κ1) is 40.1. The first-order valence-corrected chi connectivity index (χ1v) is 21.0. The molecule has 48 heavy (non-hydrogen) atoms. The summed E-state index contributed by atoms with van der Waals surface area (Å²) < 4.78 is 9.24. The van der Waals surface area contributed by atoms with Crippen LogP contribution < -0.4 is 9.13 Å². The molecule has 0 saturated carbocycles. The molecule has 0 saturated heterocycles. The number of benzene rings is 1. The highest BCUT2D eigenvalue weighted by atomic mass is 15.1. The number of aromatic nitrogens is 4. The largest absolute Gasteiger partial charge is 0.248 e. The summed E-state index contributed by atoms with van der Waals surface area (Å²) in [4.78, 5) is 0. The van der Waals surface area contributed by atoms with Crippen molar-refractivity contribution in [2.24, 2.45) is 0 Å². The van der Waals surface area contributed by atoms with Gasteiger partial charge >= 0.3 is 0 Å². The highest BCUT2D eigenvalue weighted by Gasteiger charge is 2.11. The van der Waals surface area contributed by atoms with Gasteiger partial charge in [0.15, 0.2) is 0 Å². The SMILES string of the molecule is CCCCCCCCCCCCCCCC[n+]1ccn(-c2cccc(-n3cc[n+](CCCCCCCCCCCCCCCC)c3)c2)c1. The first-order valence-electron chi connectivity index (χ1n) is 21.0. The van der Waals surface area contributed by atoms with Crippen molar-refractivity contribution in [2.75, 3.05) is 0 Å². The third-order valence-corrected chi connectivity index (χ3v) is 10.3. The Morgan fingerprint density at radius 2 is 0.688 bits per heavy atom. The third-order valence-electron chi connectivity index (χ3n) is 10.3. The van der Waals surface area contributed by atoms with Crippen molar-refractivity contribution < 1.29 is 9.13 Å². The van der Waals surface area contributed by atoms with E-state index in [0.29, 0.717) is 0 Å². The van der Waals surface area contributed by atoms with Crippen LogP contribution >= 0.6 is 0 Å². The molecule has 0 spiro atoms. The summed E-state index contributed by atoms with van der Waals surface area (Å²) in [7, 11) is 0. The highest BCUT2D eigenvalue weighted by molar-refractivity contribution is 5.43. The van der Waals surface area contributed by atoms with Crippen LogP contribution in [0.2, 0.25) is 0 Å². The maximum absolute atomic E-state index is 2.35. The Kier molecular flexibility index (Phi) is 22.9. The molecule has 0 aliphatic heterocycles. The van der Waals surface area contributed by atoms with E-state index in [0.717, 1.165) is 13.1 Å². The van der Waals surface area contributed by atoms with Crippen molar-refractivity contribution in [3.8, 4) is 11.4 Å². The van der Waals surface area contributed by atoms with Gasteiger partial charge in [0.2, 0.25) is 12.7 Å². The Bertz CT molecular complexity index is 1060. The molecule has 0 bridgehead atoms. The van der Waals surface area contributed by atoms with E-state index < -0.39 is 0 Å². The molecule has 0 atom stereocenters. The van der Waals surface area contributed by atoms with Gasteiger partial charge in [0.25, 0.3) is 0 Å². The second-order valence-electron chi connectivity index (χ2n) is 14.8. The van der Waals surface area contributed by atoms with Gasteiger partial charge in [0.1, 0.15) is 36.2 Å². The summed E-state index contributed by atoms with van der Waals surface area (Å²) in [5, 5.41) is 0. The summed E-state index contributed by atoms with van der Waals surface area (Å²) in [5.74, 6) is 0. The van der Waals surface area contributed by atoms with Crippen molar-refractivity contribution in [1.29, 1.82) is 0 Å². The zero-order valence-corrected chi connectivity index (χ0v) is 31.8. The lowest BCUT2D eigenvalue weighted by atomic mass is 10.0. The van der Waals surface area contributed by atoms with Crippen LogP contribution in [0.5, 0.6) is 0 Å². The van der Waals surface area contributed by atoms with Crippen LogP contribution in [0.15, 0.2) is 61.7 Å². The molecule has 270 valence electrons. The number of aryl methyl sites for hydroxylation is 2. The molecule has 4 heteroatoms. The van der Waals surface area contributed by atoms with E-state index in [-0.39, 0.29) is 0 Å². The van der Waals surface area contributed by atoms with Crippen LogP contribution in [0.3, 0.4) is 0 Å². The zero-order chi connectivity index (χ0) is 33.7. The van der Waals surface area contributed by atoms with E-state index in [9.17, 15) is 0 Å². The lowest BCUT2D eigenvalue weighted by Gasteiger charge is -2.03. The number of nitrogens with zero attached hydrogens (tertiary/aromatic N) is 4. The summed E-state index contributed by atoms with van der Waals surface area (Å²) in [6.07, 6.45) is 52.9. The Balaban J connectivity index is 1.22. The summed E-state index contributed by atoms with van der Waals surface area (Å²) in [6.45, 7) is 6.83. The van der Waals surface area contributed by atoms with Crippen molar-refractivity contribution in [3.05, 3.63) is 61.7 Å². The molecule has 3 rings (SSSR count). The van der Waals surface area contributed by atoms with Gasteiger partial charge in [-0.15, -0.1) is 0 Å². The van der Waals surface area contributed by atoms with Crippen molar-refractivity contribution >= 4 is 0 Å². The highest BCUT2D eigenvalue weighted by Crippen LogP contribution is 2.16. The fourth-order valence-corrected chi connectivity index (χ4v) is 7.15. The first-order chi connectivity index (χ1) is 23.8. The van der Waals surface area contributed by atoms with E-state index in [2.05, 4.69) is 93.8 Å². The van der Waals surface area contributed by atoms with E-state index >= 15 is 0 Å². The molecule has 2 heterocycles. The molecule has 2 aromatic heterocycles. The molecule has 0 aliphatic carbocycles. The van der Waals surface area contributed by atoms with E-state index in [1.807, 2.05) is 0 Å². The maximum atomic E-state index is 2.35. The van der Waals surface area contributed by atoms with Gasteiger partial charge < -0.3 is 0 Å². The Hall–Kier alpha value is -2.36. The molecule has 0 fully saturated rings. The van der Waals surface area contributed by atoms with Gasteiger partial charge in [-0.2, -0.15) is 0 Å². The topological polar surface area (TPSA) is 17.6 Å². The second-order valence-corrected chi connectivity index (χ2v) is 14.8.